The van der Waals surface area contributed by atoms with E-state index in [2.05, 4.69) is 45.9 Å². The lowest BCUT2D eigenvalue weighted by atomic mass is 9.99. The van der Waals surface area contributed by atoms with Gasteiger partial charge in [-0.3, -0.25) is 4.68 Å². The molecule has 2 aromatic carbocycles. The quantitative estimate of drug-likeness (QED) is 0.207. The largest absolute Gasteiger partial charge is 0.378 e. The molecule has 2 aliphatic rings. The molecule has 4 amide bonds. The van der Waals surface area contributed by atoms with Gasteiger partial charge in [0.1, 0.15) is 11.3 Å². The van der Waals surface area contributed by atoms with Crippen molar-refractivity contribution >= 4 is 40.0 Å². The zero-order valence-electron chi connectivity index (χ0n) is 25.7. The summed E-state index contributed by atoms with van der Waals surface area (Å²) in [7, 11) is 0. The fraction of sp³-hybridized carbons (Fsp3) is 0.257. The van der Waals surface area contributed by atoms with Gasteiger partial charge in [0.2, 0.25) is 0 Å². The Labute approximate surface area is 266 Å². The number of ether oxygens (including phenoxy) is 1. The molecule has 3 aromatic heterocycles. The van der Waals surface area contributed by atoms with Gasteiger partial charge in [0.25, 0.3) is 0 Å². The standard InChI is InChI=1S/C35H36N8O3/c1-2-43-23-30(32(40-43)25-8-10-27(11-9-25)38-34(44)37-26-6-4-3-5-7-26)28-12-15-36-33-29(28)22-31(39-33)24-13-16-41(17-14-24)35(45)42-18-20-46-21-19-42/h3-13,15,22-23H,2,14,16-21H2,1H3,(H,36,39)(H2,37,38,44). The van der Waals surface area contributed by atoms with Crippen LogP contribution in [-0.4, -0.2) is 81.0 Å². The molecule has 0 spiro atoms. The summed E-state index contributed by atoms with van der Waals surface area (Å²) >= 11 is 0. The predicted octanol–water partition coefficient (Wildman–Crippen LogP) is 6.30. The van der Waals surface area contributed by atoms with Crippen LogP contribution in [0.3, 0.4) is 0 Å². The van der Waals surface area contributed by atoms with Gasteiger partial charge in [-0.05, 0) is 60.9 Å². The normalized spacial score (nSPS) is 15.1. The summed E-state index contributed by atoms with van der Waals surface area (Å²) < 4.78 is 7.34. The molecule has 3 N–H and O–H groups in total. The second-order valence-corrected chi connectivity index (χ2v) is 11.4. The first-order valence-electron chi connectivity index (χ1n) is 15.7. The van der Waals surface area contributed by atoms with Crippen molar-refractivity contribution in [2.45, 2.75) is 19.9 Å². The first-order valence-corrected chi connectivity index (χ1v) is 15.7. The maximum atomic E-state index is 13.0. The highest BCUT2D eigenvalue weighted by molar-refractivity contribution is 6.01. The van der Waals surface area contributed by atoms with Crippen molar-refractivity contribution in [3.8, 4) is 22.4 Å². The van der Waals surface area contributed by atoms with E-state index in [-0.39, 0.29) is 12.1 Å². The number of nitrogens with zero attached hydrogens (tertiary/aromatic N) is 5. The molecule has 11 nitrogen and oxygen atoms in total. The van der Waals surface area contributed by atoms with Crippen molar-refractivity contribution in [2.75, 3.05) is 50.0 Å². The van der Waals surface area contributed by atoms with Crippen molar-refractivity contribution in [1.29, 1.82) is 0 Å². The Morgan fingerprint density at radius 2 is 1.67 bits per heavy atom. The Bertz CT molecular complexity index is 1890. The SMILES string of the molecule is CCn1cc(-c2ccnc3[nH]c(C4=CCN(C(=O)N5CCOCC5)CC4)cc23)c(-c2ccc(NC(=O)Nc3ccccc3)cc2)n1. The molecule has 11 heteroatoms. The number of hydrogen-bond acceptors (Lipinski definition) is 5. The number of pyridine rings is 1. The molecule has 46 heavy (non-hydrogen) atoms. The Morgan fingerprint density at radius 3 is 2.39 bits per heavy atom. The maximum absolute atomic E-state index is 13.0. The van der Waals surface area contributed by atoms with E-state index in [1.165, 1.54) is 5.57 Å². The minimum absolute atomic E-state index is 0.0823. The summed E-state index contributed by atoms with van der Waals surface area (Å²) in [6.45, 7) is 6.53. The number of aryl methyl sites for hydroxylation is 1. The number of carbonyl (C=O) groups is 2. The van der Waals surface area contributed by atoms with E-state index >= 15 is 0 Å². The molecule has 234 valence electrons. The van der Waals surface area contributed by atoms with Gasteiger partial charge in [-0.1, -0.05) is 36.4 Å². The molecule has 5 heterocycles. The zero-order valence-corrected chi connectivity index (χ0v) is 25.7. The zero-order chi connectivity index (χ0) is 31.5. The summed E-state index contributed by atoms with van der Waals surface area (Å²) in [4.78, 5) is 37.4. The second-order valence-electron chi connectivity index (χ2n) is 11.4. The van der Waals surface area contributed by atoms with E-state index < -0.39 is 0 Å². The van der Waals surface area contributed by atoms with Crippen LogP contribution >= 0.6 is 0 Å². The minimum atomic E-state index is -0.304. The van der Waals surface area contributed by atoms with Crippen molar-refractivity contribution in [1.82, 2.24) is 29.5 Å². The summed E-state index contributed by atoms with van der Waals surface area (Å²) in [6.07, 6.45) is 6.80. The van der Waals surface area contributed by atoms with Gasteiger partial charge in [0.15, 0.2) is 0 Å². The van der Waals surface area contributed by atoms with Crippen LogP contribution in [0, 0.1) is 0 Å². The number of urea groups is 2. The number of rotatable bonds is 6. The van der Waals surface area contributed by atoms with E-state index in [1.54, 1.807) is 0 Å². The van der Waals surface area contributed by atoms with Crippen LogP contribution in [0.4, 0.5) is 21.0 Å². The third-order valence-corrected chi connectivity index (χ3v) is 8.46. The molecule has 0 bridgehead atoms. The Hall–Kier alpha value is -5.42. The number of amides is 4. The number of carbonyl (C=O) groups excluding carboxylic acids is 2. The number of hydrogen-bond donors (Lipinski definition) is 3. The lowest BCUT2D eigenvalue weighted by Gasteiger charge is -2.34. The lowest BCUT2D eigenvalue weighted by molar-refractivity contribution is 0.0441. The molecule has 7 rings (SSSR count). The fourth-order valence-electron chi connectivity index (χ4n) is 6.00. The number of aromatic nitrogens is 4. The number of fused-ring (bicyclic) bond motifs is 1. The van der Waals surface area contributed by atoms with Crippen molar-refractivity contribution in [2.24, 2.45) is 0 Å². The van der Waals surface area contributed by atoms with Crippen LogP contribution < -0.4 is 10.6 Å². The van der Waals surface area contributed by atoms with Gasteiger partial charge in [-0.15, -0.1) is 0 Å². The number of anilines is 2. The third-order valence-electron chi connectivity index (χ3n) is 8.46. The number of H-pyrrole nitrogens is 1. The first-order chi connectivity index (χ1) is 22.6. The van der Waals surface area contributed by atoms with Crippen LogP contribution in [0.15, 0.2) is 85.2 Å². The minimum Gasteiger partial charge on any atom is -0.378 e. The van der Waals surface area contributed by atoms with Crippen LogP contribution in [0.1, 0.15) is 19.0 Å². The van der Waals surface area contributed by atoms with Crippen molar-refractivity contribution in [3.63, 3.8) is 0 Å². The van der Waals surface area contributed by atoms with E-state index in [0.29, 0.717) is 45.1 Å². The number of nitrogens with one attached hydrogen (secondary N) is 3. The van der Waals surface area contributed by atoms with E-state index in [0.717, 1.165) is 57.8 Å². The predicted molar refractivity (Wildman–Crippen MR) is 179 cm³/mol. The number of aromatic amines is 1. The monoisotopic (exact) mass is 616 g/mol. The van der Waals surface area contributed by atoms with Crippen LogP contribution in [0.25, 0.3) is 39.0 Å². The van der Waals surface area contributed by atoms with Gasteiger partial charge in [0.05, 0.1) is 13.2 Å². The average Bonchev–Trinajstić information content (AvgIpc) is 3.74. The molecule has 0 saturated carbocycles. The highest BCUT2D eigenvalue weighted by atomic mass is 16.5. The molecule has 0 atom stereocenters. The highest BCUT2D eigenvalue weighted by Crippen LogP contribution is 2.37. The van der Waals surface area contributed by atoms with E-state index in [1.807, 2.05) is 81.3 Å². The second kappa shape index (κ2) is 12.9. The highest BCUT2D eigenvalue weighted by Gasteiger charge is 2.25. The molecule has 0 aliphatic carbocycles. The Kier molecular flexibility index (Phi) is 8.22. The lowest BCUT2D eigenvalue weighted by Crippen LogP contribution is -2.49. The molecule has 0 radical (unpaired) electrons. The number of para-hydroxylation sites is 1. The fourth-order valence-corrected chi connectivity index (χ4v) is 6.00. The smallest absolute Gasteiger partial charge is 0.323 e. The van der Waals surface area contributed by atoms with Crippen molar-refractivity contribution < 1.29 is 14.3 Å². The van der Waals surface area contributed by atoms with Gasteiger partial charge >= 0.3 is 12.1 Å². The van der Waals surface area contributed by atoms with Gasteiger partial charge in [-0.2, -0.15) is 5.10 Å². The number of morpholine rings is 1. The van der Waals surface area contributed by atoms with E-state index in [9.17, 15) is 9.59 Å². The molecule has 2 aliphatic heterocycles. The van der Waals surface area contributed by atoms with Crippen LogP contribution in [-0.2, 0) is 11.3 Å². The first kappa shape index (κ1) is 29.3. The summed E-state index contributed by atoms with van der Waals surface area (Å²) in [5.41, 5.74) is 8.24. The summed E-state index contributed by atoms with van der Waals surface area (Å²) in [5.74, 6) is 0. The maximum Gasteiger partial charge on any atom is 0.323 e. The number of benzene rings is 2. The molecule has 1 fully saturated rings. The van der Waals surface area contributed by atoms with Gasteiger partial charge < -0.3 is 30.2 Å². The molecule has 5 aromatic rings. The topological polar surface area (TPSA) is 120 Å². The van der Waals surface area contributed by atoms with E-state index in [4.69, 9.17) is 9.84 Å². The van der Waals surface area contributed by atoms with Gasteiger partial charge in [-0.25, -0.2) is 14.6 Å². The summed E-state index contributed by atoms with van der Waals surface area (Å²) in [6, 6.07) is 21.0. The average molecular weight is 617 g/mol. The van der Waals surface area contributed by atoms with Gasteiger partial charge in [0, 0.05) is 78.7 Å². The molecule has 1 saturated heterocycles. The molecular weight excluding hydrogens is 580 g/mol. The molecular formula is C35H36N8O3. The Morgan fingerprint density at radius 1 is 0.913 bits per heavy atom. The van der Waals surface area contributed by atoms with Crippen LogP contribution in [0.2, 0.25) is 0 Å². The summed E-state index contributed by atoms with van der Waals surface area (Å²) in [5, 5.41) is 11.7. The van der Waals surface area contributed by atoms with Crippen molar-refractivity contribution in [3.05, 3.63) is 90.9 Å². The van der Waals surface area contributed by atoms with Crippen LogP contribution in [0.5, 0.6) is 0 Å². The molecule has 0 unspecified atom stereocenters. The third kappa shape index (κ3) is 6.09. The Balaban J connectivity index is 1.12.